The fraction of sp³-hybridized carbons (Fsp3) is 0.333. The first-order valence-electron chi connectivity index (χ1n) is 9.75. The van der Waals surface area contributed by atoms with Crippen LogP contribution in [-0.4, -0.2) is 44.4 Å². The summed E-state index contributed by atoms with van der Waals surface area (Å²) in [4.78, 5) is 26.3. The third-order valence-corrected chi connectivity index (χ3v) is 6.72. The summed E-state index contributed by atoms with van der Waals surface area (Å²) in [5.74, 6) is -1.64. The monoisotopic (exact) mass is 468 g/mol. The molecule has 0 unspecified atom stereocenters. The lowest BCUT2D eigenvalue weighted by Gasteiger charge is -2.28. The first-order valence-corrected chi connectivity index (χ1v) is 11.6. The standard InChI is InChI=1S/C21H22ClFN2O5S/c1-14(20(26)25-11-3-2-4-12-25)30-21(27)15-5-10-18(22)19(13-15)31(28,29)24-17-8-6-16(23)7-9-17/h5-10,13-14,24H,2-4,11-12H2,1H3/t14-/m1/s1. The van der Waals surface area contributed by atoms with Crippen molar-refractivity contribution in [1.82, 2.24) is 4.90 Å². The van der Waals surface area contributed by atoms with Crippen molar-refractivity contribution < 1.29 is 27.1 Å². The molecule has 1 saturated heterocycles. The summed E-state index contributed by atoms with van der Waals surface area (Å²) in [6.07, 6.45) is 1.88. The van der Waals surface area contributed by atoms with Crippen LogP contribution in [0, 0.1) is 5.82 Å². The van der Waals surface area contributed by atoms with Gasteiger partial charge >= 0.3 is 5.97 Å². The Morgan fingerprint density at radius 3 is 2.39 bits per heavy atom. The van der Waals surface area contributed by atoms with E-state index in [2.05, 4.69) is 4.72 Å². The molecule has 1 amide bonds. The number of amides is 1. The van der Waals surface area contributed by atoms with Crippen LogP contribution in [0.5, 0.6) is 0 Å². The lowest BCUT2D eigenvalue weighted by atomic mass is 10.1. The topological polar surface area (TPSA) is 92.8 Å². The maximum absolute atomic E-state index is 13.1. The SMILES string of the molecule is C[C@@H](OC(=O)c1ccc(Cl)c(S(=O)(=O)Nc2ccc(F)cc2)c1)C(=O)N1CCCCC1. The van der Waals surface area contributed by atoms with E-state index < -0.39 is 27.9 Å². The number of halogens is 2. The van der Waals surface area contributed by atoms with Gasteiger partial charge in [0.05, 0.1) is 10.6 Å². The molecule has 0 aliphatic carbocycles. The van der Waals surface area contributed by atoms with Crippen LogP contribution in [0.2, 0.25) is 5.02 Å². The number of anilines is 1. The van der Waals surface area contributed by atoms with E-state index in [4.69, 9.17) is 16.3 Å². The fourth-order valence-electron chi connectivity index (χ4n) is 3.21. The van der Waals surface area contributed by atoms with Crippen LogP contribution in [-0.2, 0) is 19.6 Å². The average molecular weight is 469 g/mol. The first-order chi connectivity index (χ1) is 14.7. The van der Waals surface area contributed by atoms with Crippen LogP contribution in [0.1, 0.15) is 36.5 Å². The largest absolute Gasteiger partial charge is 0.449 e. The number of ether oxygens (including phenoxy) is 1. The van der Waals surface area contributed by atoms with Crippen molar-refractivity contribution in [2.75, 3.05) is 17.8 Å². The van der Waals surface area contributed by atoms with Crippen molar-refractivity contribution in [3.05, 3.63) is 58.9 Å². The molecule has 2 aromatic carbocycles. The van der Waals surface area contributed by atoms with Gasteiger partial charge in [-0.15, -0.1) is 0 Å². The first kappa shape index (κ1) is 23.0. The highest BCUT2D eigenvalue weighted by atomic mass is 35.5. The molecular formula is C21H22ClFN2O5S. The van der Waals surface area contributed by atoms with Crippen LogP contribution in [0.25, 0.3) is 0 Å². The Bertz CT molecular complexity index is 1070. The smallest absolute Gasteiger partial charge is 0.338 e. The van der Waals surface area contributed by atoms with Crippen molar-refractivity contribution in [2.45, 2.75) is 37.2 Å². The fourth-order valence-corrected chi connectivity index (χ4v) is 4.80. The minimum Gasteiger partial charge on any atom is -0.449 e. The van der Waals surface area contributed by atoms with Gasteiger partial charge in [-0.25, -0.2) is 17.6 Å². The number of carbonyl (C=O) groups excluding carboxylic acids is 2. The Kier molecular flexibility index (Phi) is 7.17. The molecule has 1 aliphatic heterocycles. The molecule has 1 fully saturated rings. The Balaban J connectivity index is 1.75. The van der Waals surface area contributed by atoms with Gasteiger partial charge in [0, 0.05) is 18.8 Å². The number of rotatable bonds is 6. The van der Waals surface area contributed by atoms with E-state index in [9.17, 15) is 22.4 Å². The van der Waals surface area contributed by atoms with Crippen molar-refractivity contribution in [2.24, 2.45) is 0 Å². The van der Waals surface area contributed by atoms with E-state index in [0.717, 1.165) is 37.5 Å². The number of hydrogen-bond acceptors (Lipinski definition) is 5. The molecular weight excluding hydrogens is 447 g/mol. The van der Waals surface area contributed by atoms with Crippen LogP contribution >= 0.6 is 11.6 Å². The van der Waals surface area contributed by atoms with E-state index in [1.54, 1.807) is 4.90 Å². The second-order valence-electron chi connectivity index (χ2n) is 7.19. The van der Waals surface area contributed by atoms with Crippen LogP contribution in [0.15, 0.2) is 47.4 Å². The molecule has 166 valence electrons. The van der Waals surface area contributed by atoms with Gasteiger partial charge in [0.1, 0.15) is 10.7 Å². The number of piperidine rings is 1. The molecule has 1 aliphatic rings. The Hall–Kier alpha value is -2.65. The van der Waals surface area contributed by atoms with E-state index in [-0.39, 0.29) is 27.1 Å². The lowest BCUT2D eigenvalue weighted by molar-refractivity contribution is -0.140. The molecule has 1 atom stereocenters. The number of benzene rings is 2. The predicted molar refractivity (Wildman–Crippen MR) is 114 cm³/mol. The molecule has 0 radical (unpaired) electrons. The Morgan fingerprint density at radius 2 is 1.74 bits per heavy atom. The van der Waals surface area contributed by atoms with E-state index in [1.165, 1.54) is 31.2 Å². The molecule has 1 N–H and O–H groups in total. The van der Waals surface area contributed by atoms with Crippen molar-refractivity contribution in [1.29, 1.82) is 0 Å². The van der Waals surface area contributed by atoms with Gasteiger partial charge in [-0.2, -0.15) is 0 Å². The van der Waals surface area contributed by atoms with Crippen LogP contribution in [0.3, 0.4) is 0 Å². The Labute approximate surface area is 185 Å². The molecule has 0 saturated carbocycles. The highest BCUT2D eigenvalue weighted by molar-refractivity contribution is 7.92. The van der Waals surface area contributed by atoms with Gasteiger partial charge < -0.3 is 9.64 Å². The predicted octanol–water partition coefficient (Wildman–Crippen LogP) is 3.84. The minimum atomic E-state index is -4.16. The second kappa shape index (κ2) is 9.65. The summed E-state index contributed by atoms with van der Waals surface area (Å²) in [5.41, 5.74) is 0.0633. The van der Waals surface area contributed by atoms with Crippen molar-refractivity contribution >= 4 is 39.2 Å². The second-order valence-corrected chi connectivity index (χ2v) is 9.25. The average Bonchev–Trinajstić information content (AvgIpc) is 2.75. The van der Waals surface area contributed by atoms with Gasteiger partial charge in [-0.1, -0.05) is 11.6 Å². The number of esters is 1. The van der Waals surface area contributed by atoms with E-state index >= 15 is 0 Å². The van der Waals surface area contributed by atoms with E-state index in [0.29, 0.717) is 13.1 Å². The molecule has 0 spiro atoms. The molecule has 31 heavy (non-hydrogen) atoms. The van der Waals surface area contributed by atoms with Crippen LogP contribution < -0.4 is 4.72 Å². The Morgan fingerprint density at radius 1 is 1.10 bits per heavy atom. The maximum atomic E-state index is 13.1. The molecule has 1 heterocycles. The van der Waals surface area contributed by atoms with Gasteiger partial charge in [0.15, 0.2) is 6.10 Å². The number of nitrogens with zero attached hydrogens (tertiary/aromatic N) is 1. The quantitative estimate of drug-likeness (QED) is 0.650. The van der Waals surface area contributed by atoms with Crippen molar-refractivity contribution in [3.63, 3.8) is 0 Å². The molecule has 2 aromatic rings. The summed E-state index contributed by atoms with van der Waals surface area (Å²) in [7, 11) is -4.16. The summed E-state index contributed by atoms with van der Waals surface area (Å²) in [6, 6.07) is 8.38. The molecule has 10 heteroatoms. The highest BCUT2D eigenvalue weighted by Gasteiger charge is 2.27. The zero-order valence-corrected chi connectivity index (χ0v) is 18.4. The summed E-state index contributed by atoms with van der Waals surface area (Å²) >= 11 is 6.04. The highest BCUT2D eigenvalue weighted by Crippen LogP contribution is 2.26. The van der Waals surface area contributed by atoms with Gasteiger partial charge in [-0.05, 0) is 68.7 Å². The normalized spacial score (nSPS) is 15.3. The molecule has 0 bridgehead atoms. The zero-order valence-electron chi connectivity index (χ0n) is 16.8. The summed E-state index contributed by atoms with van der Waals surface area (Å²) in [6.45, 7) is 2.73. The molecule has 7 nitrogen and oxygen atoms in total. The third kappa shape index (κ3) is 5.74. The van der Waals surface area contributed by atoms with Crippen LogP contribution in [0.4, 0.5) is 10.1 Å². The number of sulfonamides is 1. The number of carbonyl (C=O) groups is 2. The third-order valence-electron chi connectivity index (χ3n) is 4.85. The molecule has 3 rings (SSSR count). The number of likely N-dealkylation sites (tertiary alicyclic amines) is 1. The van der Waals surface area contributed by atoms with Gasteiger partial charge in [-0.3, -0.25) is 9.52 Å². The molecule has 0 aromatic heterocycles. The number of nitrogens with one attached hydrogen (secondary N) is 1. The zero-order chi connectivity index (χ0) is 22.6. The maximum Gasteiger partial charge on any atom is 0.338 e. The number of hydrogen-bond donors (Lipinski definition) is 1. The lowest BCUT2D eigenvalue weighted by Crippen LogP contribution is -2.42. The van der Waals surface area contributed by atoms with Gasteiger partial charge in [0.25, 0.3) is 15.9 Å². The van der Waals surface area contributed by atoms with Crippen molar-refractivity contribution in [3.8, 4) is 0 Å². The van der Waals surface area contributed by atoms with E-state index in [1.807, 2.05) is 0 Å². The minimum absolute atomic E-state index is 0.0674. The summed E-state index contributed by atoms with van der Waals surface area (Å²) < 4.78 is 46.0. The summed E-state index contributed by atoms with van der Waals surface area (Å²) in [5, 5.41) is -0.108. The van der Waals surface area contributed by atoms with Gasteiger partial charge in [0.2, 0.25) is 0 Å².